The summed E-state index contributed by atoms with van der Waals surface area (Å²) >= 11 is 0. The van der Waals surface area contributed by atoms with Gasteiger partial charge in [-0.15, -0.1) is 0 Å². The van der Waals surface area contributed by atoms with Crippen molar-refractivity contribution in [3.8, 4) is 0 Å². The predicted octanol–water partition coefficient (Wildman–Crippen LogP) is 3.04. The number of hydrogen-bond acceptors (Lipinski definition) is 2. The van der Waals surface area contributed by atoms with Crippen molar-refractivity contribution < 1.29 is 0 Å². The van der Waals surface area contributed by atoms with E-state index >= 15 is 0 Å². The van der Waals surface area contributed by atoms with Crippen LogP contribution in [0.5, 0.6) is 0 Å². The highest BCUT2D eigenvalue weighted by atomic mass is 15.2. The molecule has 1 unspecified atom stereocenters. The van der Waals surface area contributed by atoms with Gasteiger partial charge in [0.15, 0.2) is 0 Å². The minimum absolute atomic E-state index is 0.0923. The van der Waals surface area contributed by atoms with Gasteiger partial charge in [-0.3, -0.25) is 0 Å². The molecule has 3 nitrogen and oxygen atoms in total. The first-order valence-corrected chi connectivity index (χ1v) is 7.01. The summed E-state index contributed by atoms with van der Waals surface area (Å²) in [4.78, 5) is 4.91. The fourth-order valence-corrected chi connectivity index (χ4v) is 3.22. The SMILES string of the molecule is CCn1c(C2(CC)CCCN2)nc2ccccc21. The summed E-state index contributed by atoms with van der Waals surface area (Å²) in [5.74, 6) is 1.23. The highest BCUT2D eigenvalue weighted by molar-refractivity contribution is 5.76. The van der Waals surface area contributed by atoms with Gasteiger partial charge in [0.2, 0.25) is 0 Å². The van der Waals surface area contributed by atoms with Crippen LogP contribution in [0.3, 0.4) is 0 Å². The fourth-order valence-electron chi connectivity index (χ4n) is 3.22. The maximum Gasteiger partial charge on any atom is 0.130 e. The van der Waals surface area contributed by atoms with Crippen LogP contribution < -0.4 is 5.32 Å². The molecule has 2 aromatic rings. The van der Waals surface area contributed by atoms with Crippen LogP contribution in [-0.2, 0) is 12.1 Å². The van der Waals surface area contributed by atoms with E-state index in [0.717, 1.165) is 25.0 Å². The van der Waals surface area contributed by atoms with Crippen LogP contribution in [0, 0.1) is 0 Å². The van der Waals surface area contributed by atoms with Crippen LogP contribution >= 0.6 is 0 Å². The lowest BCUT2D eigenvalue weighted by Gasteiger charge is -2.28. The minimum atomic E-state index is 0.0923. The monoisotopic (exact) mass is 243 g/mol. The number of benzene rings is 1. The maximum absolute atomic E-state index is 4.91. The molecule has 3 heteroatoms. The number of nitrogens with zero attached hydrogens (tertiary/aromatic N) is 2. The Morgan fingerprint density at radius 1 is 1.33 bits per heavy atom. The van der Waals surface area contributed by atoms with Crippen LogP contribution in [0.4, 0.5) is 0 Å². The van der Waals surface area contributed by atoms with Crippen molar-refractivity contribution >= 4 is 11.0 Å². The standard InChI is InChI=1S/C15H21N3/c1-3-15(10-7-11-16-15)14-17-12-8-5-6-9-13(12)18(14)4-2/h5-6,8-9,16H,3-4,7,10-11H2,1-2H3. The average molecular weight is 243 g/mol. The summed E-state index contributed by atoms with van der Waals surface area (Å²) in [6, 6.07) is 8.46. The zero-order chi connectivity index (χ0) is 12.6. The second-order valence-electron chi connectivity index (χ2n) is 5.13. The third kappa shape index (κ3) is 1.57. The normalized spacial score (nSPS) is 23.9. The summed E-state index contributed by atoms with van der Waals surface area (Å²) < 4.78 is 2.37. The number of aromatic nitrogens is 2. The molecule has 0 radical (unpaired) electrons. The van der Waals surface area contributed by atoms with Crippen molar-refractivity contribution in [3.05, 3.63) is 30.1 Å². The molecular weight excluding hydrogens is 222 g/mol. The molecule has 96 valence electrons. The maximum atomic E-state index is 4.91. The molecule has 0 amide bonds. The number of fused-ring (bicyclic) bond motifs is 1. The fraction of sp³-hybridized carbons (Fsp3) is 0.533. The Bertz CT molecular complexity index is 550. The quantitative estimate of drug-likeness (QED) is 0.898. The van der Waals surface area contributed by atoms with Crippen molar-refractivity contribution in [1.29, 1.82) is 0 Å². The van der Waals surface area contributed by atoms with Gasteiger partial charge in [-0.25, -0.2) is 4.98 Å². The van der Waals surface area contributed by atoms with Crippen molar-refractivity contribution in [1.82, 2.24) is 14.9 Å². The van der Waals surface area contributed by atoms with Crippen LogP contribution in [0.2, 0.25) is 0 Å². The van der Waals surface area contributed by atoms with Gasteiger partial charge >= 0.3 is 0 Å². The number of aryl methyl sites for hydroxylation is 1. The van der Waals surface area contributed by atoms with E-state index in [-0.39, 0.29) is 5.54 Å². The van der Waals surface area contributed by atoms with Crippen LogP contribution in [0.25, 0.3) is 11.0 Å². The molecule has 0 bridgehead atoms. The Morgan fingerprint density at radius 3 is 2.83 bits per heavy atom. The van der Waals surface area contributed by atoms with E-state index in [9.17, 15) is 0 Å². The predicted molar refractivity (Wildman–Crippen MR) is 74.6 cm³/mol. The van der Waals surface area contributed by atoms with Gasteiger partial charge in [-0.1, -0.05) is 19.1 Å². The third-order valence-corrected chi connectivity index (χ3v) is 4.25. The summed E-state index contributed by atoms with van der Waals surface area (Å²) in [5, 5.41) is 3.69. The number of rotatable bonds is 3. The van der Waals surface area contributed by atoms with E-state index in [4.69, 9.17) is 4.98 Å². The summed E-state index contributed by atoms with van der Waals surface area (Å²) in [7, 11) is 0. The molecule has 18 heavy (non-hydrogen) atoms. The van der Waals surface area contributed by atoms with Crippen molar-refractivity contribution in [2.45, 2.75) is 45.2 Å². The molecular formula is C15H21N3. The summed E-state index contributed by atoms with van der Waals surface area (Å²) in [6.07, 6.45) is 3.56. The third-order valence-electron chi connectivity index (χ3n) is 4.25. The molecule has 1 atom stereocenters. The molecule has 1 saturated heterocycles. The highest BCUT2D eigenvalue weighted by Crippen LogP contribution is 2.35. The van der Waals surface area contributed by atoms with Crippen molar-refractivity contribution in [3.63, 3.8) is 0 Å². The highest BCUT2D eigenvalue weighted by Gasteiger charge is 2.37. The van der Waals surface area contributed by atoms with Crippen molar-refractivity contribution in [2.75, 3.05) is 6.54 Å². The molecule has 1 aliphatic heterocycles. The number of imidazole rings is 1. The Hall–Kier alpha value is -1.35. The van der Waals surface area contributed by atoms with Crippen LogP contribution in [0.15, 0.2) is 24.3 Å². The largest absolute Gasteiger partial charge is 0.327 e. The lowest BCUT2D eigenvalue weighted by atomic mass is 9.93. The first-order chi connectivity index (χ1) is 8.80. The van der Waals surface area contributed by atoms with Gasteiger partial charge < -0.3 is 9.88 Å². The average Bonchev–Trinajstić information content (AvgIpc) is 3.03. The molecule has 1 N–H and O–H groups in total. The molecule has 1 aliphatic rings. The second-order valence-corrected chi connectivity index (χ2v) is 5.13. The first kappa shape index (κ1) is 11.7. The van der Waals surface area contributed by atoms with Gasteiger partial charge in [0.25, 0.3) is 0 Å². The second kappa shape index (κ2) is 4.39. The van der Waals surface area contributed by atoms with E-state index in [1.807, 2.05) is 0 Å². The zero-order valence-electron chi connectivity index (χ0n) is 11.2. The number of para-hydroxylation sites is 2. The van der Waals surface area contributed by atoms with Crippen molar-refractivity contribution in [2.24, 2.45) is 0 Å². The lowest BCUT2D eigenvalue weighted by Crippen LogP contribution is -2.38. The first-order valence-electron chi connectivity index (χ1n) is 7.01. The van der Waals surface area contributed by atoms with Gasteiger partial charge in [0.1, 0.15) is 5.82 Å². The van der Waals surface area contributed by atoms with E-state index in [2.05, 4.69) is 48.0 Å². The molecule has 2 heterocycles. The summed E-state index contributed by atoms with van der Waals surface area (Å²) in [5.41, 5.74) is 2.47. The Balaban J connectivity index is 2.21. The van der Waals surface area contributed by atoms with Gasteiger partial charge in [-0.2, -0.15) is 0 Å². The van der Waals surface area contributed by atoms with Gasteiger partial charge in [0.05, 0.1) is 16.6 Å². The smallest absolute Gasteiger partial charge is 0.130 e. The van der Waals surface area contributed by atoms with E-state index < -0.39 is 0 Å². The Kier molecular flexibility index (Phi) is 2.86. The van der Waals surface area contributed by atoms with Gasteiger partial charge in [0, 0.05) is 6.54 Å². The topological polar surface area (TPSA) is 29.9 Å². The molecule has 1 aromatic heterocycles. The van der Waals surface area contributed by atoms with Crippen LogP contribution in [-0.4, -0.2) is 16.1 Å². The van der Waals surface area contributed by atoms with E-state index in [1.54, 1.807) is 0 Å². The summed E-state index contributed by atoms with van der Waals surface area (Å²) in [6.45, 7) is 6.56. The molecule has 0 spiro atoms. The number of hydrogen-bond donors (Lipinski definition) is 1. The Morgan fingerprint density at radius 2 is 2.17 bits per heavy atom. The van der Waals surface area contributed by atoms with E-state index in [1.165, 1.54) is 24.2 Å². The molecule has 0 aliphatic carbocycles. The minimum Gasteiger partial charge on any atom is -0.327 e. The molecule has 1 fully saturated rings. The zero-order valence-corrected chi connectivity index (χ0v) is 11.2. The molecule has 0 saturated carbocycles. The Labute approximate surface area is 108 Å². The number of nitrogens with one attached hydrogen (secondary N) is 1. The lowest BCUT2D eigenvalue weighted by molar-refractivity contribution is 0.341. The molecule has 3 rings (SSSR count). The molecule has 1 aromatic carbocycles. The van der Waals surface area contributed by atoms with Gasteiger partial charge in [-0.05, 0) is 44.9 Å². The van der Waals surface area contributed by atoms with Crippen LogP contribution in [0.1, 0.15) is 38.9 Å². The van der Waals surface area contributed by atoms with E-state index in [0.29, 0.717) is 0 Å².